The molecule has 11 rings (SSSR count). The first-order chi connectivity index (χ1) is 24.8. The highest BCUT2D eigenvalue weighted by atomic mass is 16.3. The molecule has 50 heavy (non-hydrogen) atoms. The molecule has 0 saturated carbocycles. The molecule has 0 N–H and O–H groups in total. The average Bonchev–Trinajstić information content (AvgIpc) is 3.74. The van der Waals surface area contributed by atoms with Crippen LogP contribution in [0.15, 0.2) is 156 Å². The number of allylic oxidation sites excluding steroid dienone is 1. The summed E-state index contributed by atoms with van der Waals surface area (Å²) in [6.45, 7) is 0. The number of fused-ring (bicyclic) bond motifs is 10. The Balaban J connectivity index is 1.07. The number of hydrogen-bond acceptors (Lipinski definition) is 1. The van der Waals surface area contributed by atoms with Gasteiger partial charge in [-0.05, 0) is 113 Å². The van der Waals surface area contributed by atoms with Crippen molar-refractivity contribution in [1.82, 2.24) is 0 Å². The molecule has 0 fully saturated rings. The molecule has 234 valence electrons. The van der Waals surface area contributed by atoms with Crippen LogP contribution in [0.25, 0.3) is 93.9 Å². The quantitative estimate of drug-likeness (QED) is 0.176. The van der Waals surface area contributed by atoms with Gasteiger partial charge in [-0.15, -0.1) is 0 Å². The third kappa shape index (κ3) is 4.07. The van der Waals surface area contributed by atoms with E-state index < -0.39 is 0 Å². The summed E-state index contributed by atoms with van der Waals surface area (Å²) in [5.74, 6) is 1.12. The summed E-state index contributed by atoms with van der Waals surface area (Å²) in [5, 5.41) is 8.92. The molecule has 1 heteroatoms. The van der Waals surface area contributed by atoms with Crippen LogP contribution in [-0.4, -0.2) is 0 Å². The Bertz CT molecular complexity index is 2810. The average molecular weight is 637 g/mol. The Hall–Kier alpha value is -6.18. The third-order valence-electron chi connectivity index (χ3n) is 11.1. The van der Waals surface area contributed by atoms with Crippen molar-refractivity contribution in [3.63, 3.8) is 0 Å². The van der Waals surface area contributed by atoms with E-state index in [4.69, 9.17) is 4.42 Å². The van der Waals surface area contributed by atoms with Gasteiger partial charge in [-0.3, -0.25) is 0 Å². The number of rotatable bonds is 3. The van der Waals surface area contributed by atoms with Gasteiger partial charge in [-0.25, -0.2) is 0 Å². The second-order valence-electron chi connectivity index (χ2n) is 13.9. The Kier molecular flexibility index (Phi) is 5.91. The van der Waals surface area contributed by atoms with Crippen molar-refractivity contribution in [2.24, 2.45) is 0 Å². The van der Waals surface area contributed by atoms with Gasteiger partial charge in [0.25, 0.3) is 0 Å². The summed E-state index contributed by atoms with van der Waals surface area (Å²) in [7, 11) is 0. The fourth-order valence-corrected chi connectivity index (χ4v) is 8.83. The lowest BCUT2D eigenvalue weighted by Crippen LogP contribution is -1.92. The van der Waals surface area contributed by atoms with E-state index in [-0.39, 0.29) is 0 Å². The second kappa shape index (κ2) is 10.7. The molecule has 1 nitrogen and oxygen atoms in total. The zero-order valence-electron chi connectivity index (χ0n) is 27.5. The standard InChI is InChI=1S/C49H32O/c1-2-10-30(11-3-1)31-18-20-32(21-19-31)47-39-13-4-6-15-41(39)49(42-16-7-5-14-40(42)47)35-24-25-37-36(27-35)26-34-23-22-33-28-44-38-12-8-9-17-45(38)50-46(44)29-43(33)48(34)37/h1-8,10-16,18-25,27-29H,9,17,26H2. The highest BCUT2D eigenvalue weighted by molar-refractivity contribution is 6.21. The molecule has 0 aliphatic heterocycles. The zero-order valence-corrected chi connectivity index (χ0v) is 27.5. The van der Waals surface area contributed by atoms with Crippen molar-refractivity contribution in [3.05, 3.63) is 174 Å². The molecule has 0 radical (unpaired) electrons. The molecular formula is C49H32O. The van der Waals surface area contributed by atoms with Crippen molar-refractivity contribution in [2.75, 3.05) is 0 Å². The first-order valence-electron chi connectivity index (χ1n) is 17.7. The lowest BCUT2D eigenvalue weighted by atomic mass is 9.85. The Morgan fingerprint density at radius 1 is 0.440 bits per heavy atom. The minimum atomic E-state index is 0.936. The molecule has 8 aromatic carbocycles. The summed E-state index contributed by atoms with van der Waals surface area (Å²) < 4.78 is 6.42. The third-order valence-corrected chi connectivity index (χ3v) is 11.1. The number of hydrogen-bond donors (Lipinski definition) is 0. The molecule has 0 spiro atoms. The van der Waals surface area contributed by atoms with Gasteiger partial charge in [0.15, 0.2) is 0 Å². The summed E-state index contributed by atoms with van der Waals surface area (Å²) in [6.07, 6.45) is 7.47. The minimum Gasteiger partial charge on any atom is -0.460 e. The van der Waals surface area contributed by atoms with Crippen molar-refractivity contribution in [2.45, 2.75) is 19.3 Å². The first-order valence-corrected chi connectivity index (χ1v) is 17.7. The van der Waals surface area contributed by atoms with E-state index in [1.54, 1.807) is 0 Å². The SMILES string of the molecule is C1=Cc2c(oc3cc4c5c(ccc4cc23)Cc2cc(-c3c4ccccc4c(-c4ccc(-c6ccccc6)cc4)c4ccccc34)ccc2-5)CC1. The summed E-state index contributed by atoms with van der Waals surface area (Å²) in [6, 6.07) is 54.1. The topological polar surface area (TPSA) is 13.1 Å². The first kappa shape index (κ1) is 27.7. The van der Waals surface area contributed by atoms with Gasteiger partial charge in [0.05, 0.1) is 0 Å². The molecular weight excluding hydrogens is 605 g/mol. The Morgan fingerprint density at radius 2 is 1.08 bits per heavy atom. The van der Waals surface area contributed by atoms with Crippen LogP contribution in [0.4, 0.5) is 0 Å². The van der Waals surface area contributed by atoms with E-state index in [9.17, 15) is 0 Å². The fraction of sp³-hybridized carbons (Fsp3) is 0.0612. The number of benzene rings is 8. The highest BCUT2D eigenvalue weighted by Crippen LogP contribution is 2.48. The van der Waals surface area contributed by atoms with Crippen LogP contribution in [-0.2, 0) is 12.8 Å². The van der Waals surface area contributed by atoms with Gasteiger partial charge in [0, 0.05) is 17.4 Å². The predicted molar refractivity (Wildman–Crippen MR) is 211 cm³/mol. The monoisotopic (exact) mass is 636 g/mol. The number of aryl methyl sites for hydroxylation is 1. The van der Waals surface area contributed by atoms with Crippen LogP contribution in [0.5, 0.6) is 0 Å². The van der Waals surface area contributed by atoms with Crippen LogP contribution >= 0.6 is 0 Å². The normalized spacial score (nSPS) is 13.3. The van der Waals surface area contributed by atoms with Crippen LogP contribution in [0.1, 0.15) is 28.9 Å². The molecule has 0 amide bonds. The van der Waals surface area contributed by atoms with Crippen molar-refractivity contribution < 1.29 is 4.42 Å². The van der Waals surface area contributed by atoms with Gasteiger partial charge in [0.1, 0.15) is 11.3 Å². The van der Waals surface area contributed by atoms with Gasteiger partial charge >= 0.3 is 0 Å². The molecule has 1 aromatic heterocycles. The predicted octanol–water partition coefficient (Wildman–Crippen LogP) is 13.4. The van der Waals surface area contributed by atoms with E-state index in [1.165, 1.54) is 98.9 Å². The highest BCUT2D eigenvalue weighted by Gasteiger charge is 2.24. The lowest BCUT2D eigenvalue weighted by molar-refractivity contribution is 0.546. The van der Waals surface area contributed by atoms with Crippen LogP contribution in [0, 0.1) is 0 Å². The fourth-order valence-electron chi connectivity index (χ4n) is 8.83. The Labute approximate surface area is 290 Å². The van der Waals surface area contributed by atoms with Crippen molar-refractivity contribution >= 4 is 49.4 Å². The maximum absolute atomic E-state index is 6.42. The molecule has 0 saturated heterocycles. The van der Waals surface area contributed by atoms with Crippen molar-refractivity contribution in [3.8, 4) is 44.5 Å². The van der Waals surface area contributed by atoms with Crippen LogP contribution in [0.3, 0.4) is 0 Å². The van der Waals surface area contributed by atoms with Crippen molar-refractivity contribution in [1.29, 1.82) is 0 Å². The smallest absolute Gasteiger partial charge is 0.135 e. The number of furan rings is 1. The van der Waals surface area contributed by atoms with Crippen LogP contribution in [0.2, 0.25) is 0 Å². The van der Waals surface area contributed by atoms with E-state index >= 15 is 0 Å². The molecule has 2 aliphatic rings. The van der Waals surface area contributed by atoms with E-state index in [1.807, 2.05) is 0 Å². The van der Waals surface area contributed by atoms with E-state index in [0.29, 0.717) is 0 Å². The largest absolute Gasteiger partial charge is 0.460 e. The van der Waals surface area contributed by atoms with Crippen LogP contribution < -0.4 is 0 Å². The molecule has 9 aromatic rings. The van der Waals surface area contributed by atoms with E-state index in [0.717, 1.165) is 30.6 Å². The summed E-state index contributed by atoms with van der Waals surface area (Å²) >= 11 is 0. The Morgan fingerprint density at radius 3 is 1.82 bits per heavy atom. The maximum atomic E-state index is 6.42. The van der Waals surface area contributed by atoms with Gasteiger partial charge in [-0.1, -0.05) is 146 Å². The molecule has 0 unspecified atom stereocenters. The summed E-state index contributed by atoms with van der Waals surface area (Å²) in [5.41, 5.74) is 15.3. The summed E-state index contributed by atoms with van der Waals surface area (Å²) in [4.78, 5) is 0. The zero-order chi connectivity index (χ0) is 32.8. The molecule has 2 aliphatic carbocycles. The second-order valence-corrected chi connectivity index (χ2v) is 13.9. The molecule has 1 heterocycles. The van der Waals surface area contributed by atoms with E-state index in [2.05, 4.69) is 158 Å². The minimum absolute atomic E-state index is 0.936. The van der Waals surface area contributed by atoms with Gasteiger partial charge in [0.2, 0.25) is 0 Å². The lowest BCUT2D eigenvalue weighted by Gasteiger charge is -2.18. The molecule has 0 atom stereocenters. The molecule has 0 bridgehead atoms. The van der Waals surface area contributed by atoms with Gasteiger partial charge in [-0.2, -0.15) is 0 Å². The maximum Gasteiger partial charge on any atom is 0.135 e. The van der Waals surface area contributed by atoms with Gasteiger partial charge < -0.3 is 4.42 Å².